The number of hydrogen-bond donors (Lipinski definition) is 2. The Hall–Kier alpha value is -1.70. The van der Waals surface area contributed by atoms with Crippen LogP contribution in [0.25, 0.3) is 0 Å². The van der Waals surface area contributed by atoms with E-state index in [1.165, 1.54) is 0 Å². The number of nitrogens with one attached hydrogen (secondary N) is 1. The van der Waals surface area contributed by atoms with Crippen molar-refractivity contribution in [1.82, 2.24) is 5.32 Å². The van der Waals surface area contributed by atoms with Crippen molar-refractivity contribution in [3.05, 3.63) is 68.7 Å². The first-order valence-electron chi connectivity index (χ1n) is 9.68. The maximum atomic E-state index is 12.7. The Balaban J connectivity index is 2.10. The molecular weight excluding hydrogens is 507 g/mol. The second-order valence-corrected chi connectivity index (χ2v) is 10.0. The normalized spacial score (nSPS) is 12.4. The molecule has 10 heteroatoms. The van der Waals surface area contributed by atoms with Crippen LogP contribution in [-0.2, 0) is 31.0 Å². The number of benzene rings is 2. The van der Waals surface area contributed by atoms with E-state index in [0.717, 1.165) is 10.0 Å². The molecule has 0 bridgehead atoms. The first-order chi connectivity index (χ1) is 14.7. The third-order valence-corrected chi connectivity index (χ3v) is 7.39. The first-order valence-corrected chi connectivity index (χ1v) is 12.6. The molecule has 2 aromatic carbocycles. The minimum Gasteiger partial charge on any atom is -0.368 e. The van der Waals surface area contributed by atoms with Crippen LogP contribution in [0, 0.1) is 0 Å². The minimum atomic E-state index is -3.24. The van der Waals surface area contributed by atoms with Crippen molar-refractivity contribution in [2.24, 2.45) is 5.73 Å². The molecule has 2 aromatic rings. The summed E-state index contributed by atoms with van der Waals surface area (Å²) in [6, 6.07) is 10.8. The molecule has 0 saturated heterocycles. The zero-order valence-corrected chi connectivity index (χ0v) is 20.5. The van der Waals surface area contributed by atoms with Gasteiger partial charge < -0.3 is 20.1 Å². The zero-order chi connectivity index (χ0) is 23.0. The van der Waals surface area contributed by atoms with E-state index < -0.39 is 25.5 Å². The Labute approximate surface area is 195 Å². The third kappa shape index (κ3) is 7.74. The van der Waals surface area contributed by atoms with Gasteiger partial charge in [-0.15, -0.1) is 0 Å². The van der Waals surface area contributed by atoms with Crippen molar-refractivity contribution in [3.8, 4) is 0 Å². The van der Waals surface area contributed by atoms with Crippen LogP contribution in [0.1, 0.15) is 35.3 Å². The number of carbonyl (C=O) groups excluding carboxylic acids is 2. The fourth-order valence-electron chi connectivity index (χ4n) is 2.89. The van der Waals surface area contributed by atoms with Gasteiger partial charge in [0.25, 0.3) is 5.91 Å². The van der Waals surface area contributed by atoms with Gasteiger partial charge in [0, 0.05) is 21.5 Å². The summed E-state index contributed by atoms with van der Waals surface area (Å²) in [5.41, 5.74) is 7.27. The fraction of sp³-hybridized carbons (Fsp3) is 0.333. The van der Waals surface area contributed by atoms with E-state index in [1.807, 2.05) is 0 Å². The van der Waals surface area contributed by atoms with E-state index in [9.17, 15) is 14.2 Å². The summed E-state index contributed by atoms with van der Waals surface area (Å²) in [4.78, 5) is 24.5. The molecule has 0 aliphatic heterocycles. The fourth-order valence-corrected chi connectivity index (χ4v) is 5.20. The predicted octanol–water partition coefficient (Wildman–Crippen LogP) is 4.70. The highest BCUT2D eigenvalue weighted by atomic mass is 79.9. The lowest BCUT2D eigenvalue weighted by atomic mass is 10.0. The lowest BCUT2D eigenvalue weighted by Gasteiger charge is -2.18. The smallest absolute Gasteiger partial charge is 0.335 e. The van der Waals surface area contributed by atoms with Gasteiger partial charge in [0.15, 0.2) is 0 Å². The molecule has 0 aromatic heterocycles. The van der Waals surface area contributed by atoms with Gasteiger partial charge in [-0.05, 0) is 55.3 Å². The molecule has 0 aliphatic carbocycles. The summed E-state index contributed by atoms with van der Waals surface area (Å²) in [6.45, 7) is 4.04. The van der Waals surface area contributed by atoms with Crippen LogP contribution >= 0.6 is 35.1 Å². The number of amides is 2. The van der Waals surface area contributed by atoms with Gasteiger partial charge in [-0.3, -0.25) is 14.2 Å². The second-order valence-electron chi connectivity index (χ2n) is 6.67. The van der Waals surface area contributed by atoms with Crippen LogP contribution in [0.5, 0.6) is 0 Å². The molecule has 31 heavy (non-hydrogen) atoms. The number of rotatable bonds is 11. The summed E-state index contributed by atoms with van der Waals surface area (Å²) < 4.78 is 24.0. The molecular formula is C21H25BrClN2O5P. The Morgan fingerprint density at radius 2 is 1.74 bits per heavy atom. The van der Waals surface area contributed by atoms with Gasteiger partial charge in [-0.1, -0.05) is 39.7 Å². The Bertz CT molecular complexity index is 961. The van der Waals surface area contributed by atoms with Crippen molar-refractivity contribution < 1.29 is 23.2 Å². The molecule has 168 valence electrons. The van der Waals surface area contributed by atoms with Crippen LogP contribution in [0.15, 0.2) is 46.9 Å². The molecule has 0 aliphatic rings. The quantitative estimate of drug-likeness (QED) is 0.409. The molecule has 2 amide bonds. The van der Waals surface area contributed by atoms with E-state index in [2.05, 4.69) is 21.2 Å². The Kier molecular flexibility index (Phi) is 9.72. The Morgan fingerprint density at radius 1 is 1.13 bits per heavy atom. The number of halogens is 2. The lowest BCUT2D eigenvalue weighted by molar-refractivity contribution is -0.119. The van der Waals surface area contributed by atoms with E-state index in [-0.39, 0.29) is 25.8 Å². The van der Waals surface area contributed by atoms with E-state index in [1.54, 1.807) is 56.3 Å². The van der Waals surface area contributed by atoms with Gasteiger partial charge in [0.05, 0.1) is 19.4 Å². The molecule has 2 rings (SSSR count). The first kappa shape index (κ1) is 25.6. The van der Waals surface area contributed by atoms with Crippen molar-refractivity contribution in [2.45, 2.75) is 32.5 Å². The average Bonchev–Trinajstić information content (AvgIpc) is 2.70. The van der Waals surface area contributed by atoms with Gasteiger partial charge in [-0.25, -0.2) is 0 Å². The summed E-state index contributed by atoms with van der Waals surface area (Å²) >= 11 is 9.43. The minimum absolute atomic E-state index is 0.100. The van der Waals surface area contributed by atoms with Crippen LogP contribution in [0.2, 0.25) is 5.02 Å². The van der Waals surface area contributed by atoms with Crippen molar-refractivity contribution in [2.75, 3.05) is 13.2 Å². The van der Waals surface area contributed by atoms with Crippen LogP contribution in [-0.4, -0.2) is 31.1 Å². The predicted molar refractivity (Wildman–Crippen MR) is 124 cm³/mol. The molecule has 3 N–H and O–H groups in total. The molecule has 0 fully saturated rings. The number of nitrogens with two attached hydrogens (primary N) is 1. The standard InChI is InChI=1S/C21H25BrClN2O5P/c1-3-29-31(28,30-4-2)13-14-5-7-15(8-6-14)21(27)25-19(20(24)26)12-16-11-17(23)9-10-18(16)22/h5-11,19H,3-4,12-13H2,1-2H3,(H2,24,26)(H,25,27)/t19-/m1/s1. The molecule has 0 spiro atoms. The number of primary amides is 1. The number of carbonyl (C=O) groups is 2. The van der Waals surface area contributed by atoms with Crippen LogP contribution in [0.4, 0.5) is 0 Å². The maximum Gasteiger partial charge on any atom is 0.335 e. The summed E-state index contributed by atoms with van der Waals surface area (Å²) in [6.07, 6.45) is 0.287. The van der Waals surface area contributed by atoms with E-state index >= 15 is 0 Å². The molecule has 7 nitrogen and oxygen atoms in total. The monoisotopic (exact) mass is 530 g/mol. The van der Waals surface area contributed by atoms with Gasteiger partial charge in [0.2, 0.25) is 5.91 Å². The molecule has 0 unspecified atom stereocenters. The van der Waals surface area contributed by atoms with Gasteiger partial charge in [-0.2, -0.15) is 0 Å². The molecule has 0 saturated carbocycles. The maximum absolute atomic E-state index is 12.7. The molecule has 1 atom stereocenters. The zero-order valence-electron chi connectivity index (χ0n) is 17.3. The number of hydrogen-bond acceptors (Lipinski definition) is 5. The van der Waals surface area contributed by atoms with Crippen molar-refractivity contribution in [3.63, 3.8) is 0 Å². The summed E-state index contributed by atoms with van der Waals surface area (Å²) in [5.74, 6) is -1.11. The average molecular weight is 532 g/mol. The van der Waals surface area contributed by atoms with Crippen LogP contribution in [0.3, 0.4) is 0 Å². The van der Waals surface area contributed by atoms with E-state index in [0.29, 0.717) is 16.1 Å². The van der Waals surface area contributed by atoms with Crippen molar-refractivity contribution in [1.29, 1.82) is 0 Å². The second kappa shape index (κ2) is 11.8. The highest BCUT2D eigenvalue weighted by molar-refractivity contribution is 9.10. The summed E-state index contributed by atoms with van der Waals surface area (Å²) in [5, 5.41) is 3.17. The molecule has 0 radical (unpaired) electrons. The third-order valence-electron chi connectivity index (χ3n) is 4.32. The highest BCUT2D eigenvalue weighted by Crippen LogP contribution is 2.51. The highest BCUT2D eigenvalue weighted by Gasteiger charge is 2.25. The Morgan fingerprint density at radius 3 is 2.29 bits per heavy atom. The van der Waals surface area contributed by atoms with E-state index in [4.69, 9.17) is 26.4 Å². The van der Waals surface area contributed by atoms with Gasteiger partial charge >= 0.3 is 7.60 Å². The van der Waals surface area contributed by atoms with Gasteiger partial charge in [0.1, 0.15) is 6.04 Å². The largest absolute Gasteiger partial charge is 0.368 e. The van der Waals surface area contributed by atoms with Crippen LogP contribution < -0.4 is 11.1 Å². The summed E-state index contributed by atoms with van der Waals surface area (Å²) in [7, 11) is -3.24. The SMILES string of the molecule is CCOP(=O)(Cc1ccc(C(=O)N[C@H](Cc2cc(Cl)ccc2Br)C(N)=O)cc1)OCC. The lowest BCUT2D eigenvalue weighted by Crippen LogP contribution is -2.45. The molecule has 0 heterocycles. The van der Waals surface area contributed by atoms with Crippen molar-refractivity contribution >= 4 is 46.9 Å². The topological polar surface area (TPSA) is 108 Å².